The molecular formula is C13H14ClN3O2S. The summed E-state index contributed by atoms with van der Waals surface area (Å²) in [7, 11) is -3.59. The Morgan fingerprint density at radius 1 is 1.40 bits per heavy atom. The summed E-state index contributed by atoms with van der Waals surface area (Å²) in [6.45, 7) is 3.14. The van der Waals surface area contributed by atoms with Crippen molar-refractivity contribution in [1.29, 1.82) is 0 Å². The third kappa shape index (κ3) is 2.40. The van der Waals surface area contributed by atoms with Gasteiger partial charge in [0.2, 0.25) is 10.0 Å². The molecule has 0 saturated carbocycles. The van der Waals surface area contributed by atoms with E-state index in [0.29, 0.717) is 23.8 Å². The van der Waals surface area contributed by atoms with Crippen LogP contribution in [0.1, 0.15) is 5.56 Å². The van der Waals surface area contributed by atoms with Gasteiger partial charge in [-0.1, -0.05) is 23.7 Å². The first-order valence-electron chi connectivity index (χ1n) is 6.26. The molecule has 106 valence electrons. The molecule has 0 radical (unpaired) electrons. The fourth-order valence-corrected chi connectivity index (χ4v) is 3.67. The van der Waals surface area contributed by atoms with Gasteiger partial charge in [0.1, 0.15) is 10.0 Å². The Labute approximate surface area is 122 Å². The molecule has 0 amide bonds. The second-order valence-corrected chi connectivity index (χ2v) is 6.94. The lowest BCUT2D eigenvalue weighted by atomic mass is 10.2. The third-order valence-corrected chi connectivity index (χ3v) is 5.27. The van der Waals surface area contributed by atoms with Gasteiger partial charge in [0.05, 0.1) is 5.52 Å². The van der Waals surface area contributed by atoms with Gasteiger partial charge in [-0.3, -0.25) is 0 Å². The highest BCUT2D eigenvalue weighted by Crippen LogP contribution is 2.25. The van der Waals surface area contributed by atoms with Crippen molar-refractivity contribution in [1.82, 2.24) is 15.0 Å². The van der Waals surface area contributed by atoms with E-state index in [-0.39, 0.29) is 10.9 Å². The largest absolute Gasteiger partial charge is 0.313 e. The maximum absolute atomic E-state index is 12.4. The molecular weight excluding hydrogens is 298 g/mol. The van der Waals surface area contributed by atoms with Gasteiger partial charge in [-0.15, -0.1) is 0 Å². The Kier molecular flexibility index (Phi) is 3.41. The second-order valence-electron chi connectivity index (χ2n) is 4.90. The number of nitrogens with zero attached hydrogens (tertiary/aromatic N) is 1. The number of sulfonamides is 1. The number of hydrogen-bond acceptors (Lipinski definition) is 4. The molecule has 0 unspecified atom stereocenters. The lowest BCUT2D eigenvalue weighted by Gasteiger charge is -2.27. The molecule has 0 atom stereocenters. The van der Waals surface area contributed by atoms with E-state index in [1.807, 2.05) is 19.1 Å². The van der Waals surface area contributed by atoms with Crippen LogP contribution in [0.4, 0.5) is 0 Å². The van der Waals surface area contributed by atoms with E-state index in [4.69, 9.17) is 11.6 Å². The molecule has 2 N–H and O–H groups in total. The monoisotopic (exact) mass is 311 g/mol. The lowest BCUT2D eigenvalue weighted by molar-refractivity contribution is 0.410. The zero-order chi connectivity index (χ0) is 14.3. The summed E-state index contributed by atoms with van der Waals surface area (Å²) in [5.74, 6) is 0. The van der Waals surface area contributed by atoms with Gasteiger partial charge in [0, 0.05) is 24.5 Å². The first kappa shape index (κ1) is 13.8. The van der Waals surface area contributed by atoms with E-state index >= 15 is 0 Å². The van der Waals surface area contributed by atoms with Gasteiger partial charge >= 0.3 is 0 Å². The van der Waals surface area contributed by atoms with Crippen molar-refractivity contribution in [2.45, 2.75) is 17.9 Å². The van der Waals surface area contributed by atoms with Gasteiger partial charge in [0.15, 0.2) is 0 Å². The SMILES string of the molecule is Cc1cc2cccc(S(=O)(=O)NC3CNC3)c2nc1Cl. The summed E-state index contributed by atoms with van der Waals surface area (Å²) < 4.78 is 27.5. The minimum absolute atomic E-state index is 0.0591. The highest BCUT2D eigenvalue weighted by atomic mass is 35.5. The Bertz CT molecular complexity index is 773. The third-order valence-electron chi connectivity index (χ3n) is 3.33. The second kappa shape index (κ2) is 4.96. The molecule has 3 rings (SSSR count). The van der Waals surface area contributed by atoms with E-state index in [2.05, 4.69) is 15.0 Å². The van der Waals surface area contributed by atoms with E-state index in [1.54, 1.807) is 12.1 Å². The van der Waals surface area contributed by atoms with E-state index < -0.39 is 10.0 Å². The number of pyridine rings is 1. The zero-order valence-electron chi connectivity index (χ0n) is 10.9. The molecule has 20 heavy (non-hydrogen) atoms. The Balaban J connectivity index is 2.13. The average Bonchev–Trinajstić information content (AvgIpc) is 2.35. The van der Waals surface area contributed by atoms with Crippen LogP contribution in [0.5, 0.6) is 0 Å². The van der Waals surface area contributed by atoms with Crippen LogP contribution in [0, 0.1) is 6.92 Å². The molecule has 1 fully saturated rings. The van der Waals surface area contributed by atoms with Crippen LogP contribution >= 0.6 is 11.6 Å². The summed E-state index contributed by atoms with van der Waals surface area (Å²) in [5, 5.41) is 4.12. The van der Waals surface area contributed by atoms with Crippen molar-refractivity contribution in [2.75, 3.05) is 13.1 Å². The van der Waals surface area contributed by atoms with Crippen molar-refractivity contribution >= 4 is 32.5 Å². The van der Waals surface area contributed by atoms with E-state index in [9.17, 15) is 8.42 Å². The topological polar surface area (TPSA) is 71.1 Å². The van der Waals surface area contributed by atoms with Crippen molar-refractivity contribution in [2.24, 2.45) is 0 Å². The van der Waals surface area contributed by atoms with Gasteiger partial charge in [0.25, 0.3) is 0 Å². The standard InChI is InChI=1S/C13H14ClN3O2S/c1-8-5-9-3-2-4-11(12(9)16-13(8)14)20(18,19)17-10-6-15-7-10/h2-5,10,15,17H,6-7H2,1H3. The van der Waals surface area contributed by atoms with Gasteiger partial charge in [-0.05, 0) is 24.6 Å². The number of aryl methyl sites for hydroxylation is 1. The lowest BCUT2D eigenvalue weighted by Crippen LogP contribution is -2.56. The maximum atomic E-state index is 12.4. The predicted molar refractivity (Wildman–Crippen MR) is 78.5 cm³/mol. The molecule has 7 heteroatoms. The number of fused-ring (bicyclic) bond motifs is 1. The van der Waals surface area contributed by atoms with Crippen LogP contribution in [-0.2, 0) is 10.0 Å². The minimum Gasteiger partial charge on any atom is -0.313 e. The van der Waals surface area contributed by atoms with Crippen molar-refractivity contribution in [3.8, 4) is 0 Å². The molecule has 1 aromatic heterocycles. The van der Waals surface area contributed by atoms with Crippen LogP contribution in [0.2, 0.25) is 5.15 Å². The van der Waals surface area contributed by atoms with Crippen LogP contribution in [0.3, 0.4) is 0 Å². The first-order chi connectivity index (χ1) is 9.47. The van der Waals surface area contributed by atoms with Crippen molar-refractivity contribution in [3.63, 3.8) is 0 Å². The number of rotatable bonds is 3. The normalized spacial score (nSPS) is 16.3. The summed E-state index contributed by atoms with van der Waals surface area (Å²) in [6.07, 6.45) is 0. The number of nitrogens with one attached hydrogen (secondary N) is 2. The average molecular weight is 312 g/mol. The highest BCUT2D eigenvalue weighted by Gasteiger charge is 2.26. The molecule has 0 aliphatic carbocycles. The van der Waals surface area contributed by atoms with Gasteiger partial charge in [-0.2, -0.15) is 0 Å². The minimum atomic E-state index is -3.59. The summed E-state index contributed by atoms with van der Waals surface area (Å²) >= 11 is 6.02. The fourth-order valence-electron chi connectivity index (χ4n) is 2.13. The number of halogens is 1. The molecule has 2 heterocycles. The van der Waals surface area contributed by atoms with Gasteiger partial charge in [-0.25, -0.2) is 18.1 Å². The number of hydrogen-bond donors (Lipinski definition) is 2. The maximum Gasteiger partial charge on any atom is 0.243 e. The van der Waals surface area contributed by atoms with Crippen LogP contribution in [0.25, 0.3) is 10.9 Å². The first-order valence-corrected chi connectivity index (χ1v) is 8.12. The van der Waals surface area contributed by atoms with Crippen molar-refractivity contribution in [3.05, 3.63) is 35.0 Å². The van der Waals surface area contributed by atoms with Crippen LogP contribution < -0.4 is 10.0 Å². The smallest absolute Gasteiger partial charge is 0.243 e. The number of benzene rings is 1. The highest BCUT2D eigenvalue weighted by molar-refractivity contribution is 7.89. The fraction of sp³-hybridized carbons (Fsp3) is 0.308. The van der Waals surface area contributed by atoms with Crippen molar-refractivity contribution < 1.29 is 8.42 Å². The van der Waals surface area contributed by atoms with Crippen LogP contribution in [-0.4, -0.2) is 32.5 Å². The summed E-state index contributed by atoms with van der Waals surface area (Å²) in [4.78, 5) is 4.39. The molecule has 0 spiro atoms. The molecule has 0 bridgehead atoms. The molecule has 1 saturated heterocycles. The Morgan fingerprint density at radius 2 is 2.15 bits per heavy atom. The molecule has 1 aromatic carbocycles. The molecule has 2 aromatic rings. The molecule has 1 aliphatic heterocycles. The van der Waals surface area contributed by atoms with E-state index in [1.165, 1.54) is 0 Å². The number of aromatic nitrogens is 1. The summed E-state index contributed by atoms with van der Waals surface area (Å²) in [5.41, 5.74) is 1.23. The quantitative estimate of drug-likeness (QED) is 0.842. The summed E-state index contributed by atoms with van der Waals surface area (Å²) in [6, 6.07) is 6.88. The Hall–Kier alpha value is -1.21. The van der Waals surface area contributed by atoms with Crippen LogP contribution in [0.15, 0.2) is 29.2 Å². The molecule has 1 aliphatic rings. The predicted octanol–water partition coefficient (Wildman–Crippen LogP) is 1.45. The van der Waals surface area contributed by atoms with Gasteiger partial charge < -0.3 is 5.32 Å². The zero-order valence-corrected chi connectivity index (χ0v) is 12.4. The Morgan fingerprint density at radius 3 is 2.80 bits per heavy atom. The van der Waals surface area contributed by atoms with E-state index in [0.717, 1.165) is 10.9 Å². The molecule has 5 nitrogen and oxygen atoms in total. The number of para-hydroxylation sites is 1.